The highest BCUT2D eigenvalue weighted by molar-refractivity contribution is 5.91. The van der Waals surface area contributed by atoms with E-state index in [1.54, 1.807) is 35.8 Å². The summed E-state index contributed by atoms with van der Waals surface area (Å²) in [7, 11) is 0. The monoisotopic (exact) mass is 541 g/mol. The molecule has 6 rings (SSSR count). The maximum Gasteiger partial charge on any atom is 0.247 e. The Morgan fingerprint density at radius 2 is 1.57 bits per heavy atom. The zero-order valence-corrected chi connectivity index (χ0v) is 23.6. The number of piperidine rings is 1. The second kappa shape index (κ2) is 12.5. The van der Waals surface area contributed by atoms with E-state index in [-0.39, 0.29) is 5.91 Å². The van der Waals surface area contributed by atoms with E-state index in [0.717, 1.165) is 29.8 Å². The van der Waals surface area contributed by atoms with E-state index >= 15 is 0 Å². The molecule has 0 atom stereocenters. The van der Waals surface area contributed by atoms with Crippen molar-refractivity contribution >= 4 is 12.0 Å². The summed E-state index contributed by atoms with van der Waals surface area (Å²) in [6, 6.07) is 9.53. The van der Waals surface area contributed by atoms with Crippen LogP contribution >= 0.6 is 0 Å². The van der Waals surface area contributed by atoms with Crippen molar-refractivity contribution in [1.29, 1.82) is 0 Å². The summed E-state index contributed by atoms with van der Waals surface area (Å²) in [5.74, 6) is 1.42. The Morgan fingerprint density at radius 3 is 2.20 bits per heavy atom. The highest BCUT2D eigenvalue weighted by atomic mass is 16.2. The van der Waals surface area contributed by atoms with Crippen LogP contribution in [0.25, 0.3) is 6.08 Å². The number of nitrogens with zero attached hydrogens (tertiary/aromatic N) is 5. The first kappa shape index (κ1) is 27.0. The van der Waals surface area contributed by atoms with Crippen molar-refractivity contribution in [3.05, 3.63) is 77.9 Å². The Labute approximate surface area is 237 Å². The first-order valence-corrected chi connectivity index (χ1v) is 15.1. The lowest BCUT2D eigenvalue weighted by atomic mass is 9.77. The minimum atomic E-state index is -0.0752. The van der Waals surface area contributed by atoms with E-state index in [2.05, 4.69) is 54.0 Å². The third-order valence-electron chi connectivity index (χ3n) is 9.37. The number of imidazole rings is 2. The molecule has 40 heavy (non-hydrogen) atoms. The van der Waals surface area contributed by atoms with Gasteiger partial charge in [0.05, 0.1) is 13.1 Å². The molecule has 1 spiro atoms. The van der Waals surface area contributed by atoms with E-state index < -0.39 is 0 Å². The van der Waals surface area contributed by atoms with Crippen LogP contribution in [0, 0.1) is 5.41 Å². The fraction of sp³-hybridized carbons (Fsp3) is 0.531. The molecule has 1 saturated carbocycles. The van der Waals surface area contributed by atoms with Gasteiger partial charge < -0.3 is 19.8 Å². The first-order valence-electron chi connectivity index (χ1n) is 15.1. The van der Waals surface area contributed by atoms with Crippen molar-refractivity contribution in [2.45, 2.75) is 77.0 Å². The number of H-pyrrole nitrogens is 2. The number of hydrogen-bond donors (Lipinski definition) is 2. The molecule has 1 aliphatic carbocycles. The van der Waals surface area contributed by atoms with Gasteiger partial charge in [0.25, 0.3) is 0 Å². The minimum Gasteiger partial charge on any atom is -0.347 e. The minimum absolute atomic E-state index is 0.0752. The molecule has 1 aromatic carbocycles. The van der Waals surface area contributed by atoms with Crippen molar-refractivity contribution in [3.8, 4) is 0 Å². The van der Waals surface area contributed by atoms with Crippen LogP contribution in [-0.2, 0) is 24.4 Å². The standard InChI is InChI=1S/C32H43N7O/c40-31(39(23-29-33-15-16-34-29)24-30-35-17-18-36-30)11-10-26-6-8-27(9-7-26)22-37-19-12-32(25-37)13-20-38(21-14-32)28-4-2-1-3-5-28/h6-11,15-18,28H,1-5,12-14,19-25H2,(H,33,34)(H,35,36). The van der Waals surface area contributed by atoms with Gasteiger partial charge in [-0.25, -0.2) is 9.97 Å². The number of aromatic amines is 2. The molecule has 3 fully saturated rings. The van der Waals surface area contributed by atoms with Gasteiger partial charge in [-0.2, -0.15) is 0 Å². The largest absolute Gasteiger partial charge is 0.347 e. The molecule has 1 amide bonds. The van der Waals surface area contributed by atoms with Gasteiger partial charge in [-0.3, -0.25) is 9.69 Å². The summed E-state index contributed by atoms with van der Waals surface area (Å²) < 4.78 is 0. The van der Waals surface area contributed by atoms with Gasteiger partial charge in [0.15, 0.2) is 0 Å². The number of likely N-dealkylation sites (tertiary alicyclic amines) is 2. The average molecular weight is 542 g/mol. The normalized spacial score (nSPS) is 20.5. The lowest BCUT2D eigenvalue weighted by molar-refractivity contribution is -0.127. The molecule has 2 N–H and O–H groups in total. The van der Waals surface area contributed by atoms with Crippen LogP contribution in [0.15, 0.2) is 55.1 Å². The molecule has 2 aromatic heterocycles. The fourth-order valence-electron chi connectivity index (χ4n) is 6.99. The Bertz CT molecular complexity index is 1180. The second-order valence-electron chi connectivity index (χ2n) is 12.1. The van der Waals surface area contributed by atoms with Crippen LogP contribution in [0.4, 0.5) is 0 Å². The van der Waals surface area contributed by atoms with Crippen LogP contribution in [0.3, 0.4) is 0 Å². The number of benzene rings is 1. The van der Waals surface area contributed by atoms with Crippen molar-refractivity contribution in [1.82, 2.24) is 34.6 Å². The first-order chi connectivity index (χ1) is 19.6. The van der Waals surface area contributed by atoms with E-state index in [4.69, 9.17) is 0 Å². The predicted molar refractivity (Wildman–Crippen MR) is 157 cm³/mol. The van der Waals surface area contributed by atoms with Crippen LogP contribution in [0.2, 0.25) is 0 Å². The summed E-state index contributed by atoms with van der Waals surface area (Å²) in [5, 5.41) is 0. The van der Waals surface area contributed by atoms with Gasteiger partial charge in [-0.1, -0.05) is 43.5 Å². The molecule has 0 radical (unpaired) electrons. The fourth-order valence-corrected chi connectivity index (χ4v) is 6.99. The zero-order chi connectivity index (χ0) is 27.2. The van der Waals surface area contributed by atoms with Gasteiger partial charge in [0.1, 0.15) is 11.6 Å². The number of carbonyl (C=O) groups excluding carboxylic acids is 1. The van der Waals surface area contributed by atoms with Crippen LogP contribution in [0.1, 0.15) is 74.1 Å². The summed E-state index contributed by atoms with van der Waals surface area (Å²) >= 11 is 0. The molecule has 0 bridgehead atoms. The highest BCUT2D eigenvalue weighted by Gasteiger charge is 2.41. The van der Waals surface area contributed by atoms with E-state index in [9.17, 15) is 4.79 Å². The summed E-state index contributed by atoms with van der Waals surface area (Å²) in [4.78, 5) is 35.0. The van der Waals surface area contributed by atoms with Crippen LogP contribution in [0.5, 0.6) is 0 Å². The topological polar surface area (TPSA) is 84.2 Å². The van der Waals surface area contributed by atoms with E-state index in [1.807, 2.05) is 6.08 Å². The number of hydrogen-bond acceptors (Lipinski definition) is 5. The second-order valence-corrected chi connectivity index (χ2v) is 12.1. The smallest absolute Gasteiger partial charge is 0.247 e. The lowest BCUT2D eigenvalue weighted by Gasteiger charge is -2.43. The zero-order valence-electron chi connectivity index (χ0n) is 23.6. The van der Waals surface area contributed by atoms with Crippen molar-refractivity contribution in [3.63, 3.8) is 0 Å². The Hall–Kier alpha value is -3.23. The van der Waals surface area contributed by atoms with Crippen LogP contribution < -0.4 is 0 Å². The highest BCUT2D eigenvalue weighted by Crippen LogP contribution is 2.42. The number of amides is 1. The summed E-state index contributed by atoms with van der Waals surface area (Å²) in [5.41, 5.74) is 2.91. The molecule has 3 aliphatic rings. The van der Waals surface area contributed by atoms with Gasteiger partial charge in [-0.15, -0.1) is 0 Å². The SMILES string of the molecule is O=C(C=Cc1ccc(CN2CCC3(CCN(C4CCCCC4)CC3)C2)cc1)N(Cc1ncc[nH]1)Cc1ncc[nH]1. The molecule has 2 aliphatic heterocycles. The molecular weight excluding hydrogens is 498 g/mol. The molecule has 4 heterocycles. The Morgan fingerprint density at radius 1 is 0.925 bits per heavy atom. The maximum absolute atomic E-state index is 13.1. The number of carbonyl (C=O) groups is 1. The molecular formula is C32H43N7O. The quantitative estimate of drug-likeness (QED) is 0.373. The van der Waals surface area contributed by atoms with Crippen molar-refractivity contribution in [2.75, 3.05) is 26.2 Å². The Balaban J connectivity index is 0.999. The number of rotatable bonds is 9. The molecule has 0 unspecified atom stereocenters. The van der Waals surface area contributed by atoms with Gasteiger partial charge in [0, 0.05) is 50.0 Å². The number of aromatic nitrogens is 4. The molecule has 8 heteroatoms. The average Bonchev–Trinajstić information content (AvgIpc) is 3.77. The summed E-state index contributed by atoms with van der Waals surface area (Å²) in [6.07, 6.45) is 21.7. The Kier molecular flexibility index (Phi) is 8.44. The third-order valence-corrected chi connectivity index (χ3v) is 9.37. The lowest BCUT2D eigenvalue weighted by Crippen LogP contribution is -2.46. The molecule has 212 valence electrons. The van der Waals surface area contributed by atoms with E-state index in [0.29, 0.717) is 18.5 Å². The van der Waals surface area contributed by atoms with Crippen molar-refractivity contribution < 1.29 is 4.79 Å². The van der Waals surface area contributed by atoms with E-state index in [1.165, 1.54) is 83.1 Å². The predicted octanol–water partition coefficient (Wildman–Crippen LogP) is 5.00. The molecule has 8 nitrogen and oxygen atoms in total. The summed E-state index contributed by atoms with van der Waals surface area (Å²) in [6.45, 7) is 6.86. The third kappa shape index (κ3) is 6.73. The maximum atomic E-state index is 13.1. The van der Waals surface area contributed by atoms with Gasteiger partial charge >= 0.3 is 0 Å². The van der Waals surface area contributed by atoms with Crippen molar-refractivity contribution in [2.24, 2.45) is 5.41 Å². The molecule has 3 aromatic rings. The van der Waals surface area contributed by atoms with Gasteiger partial charge in [-0.05, 0) is 74.4 Å². The van der Waals surface area contributed by atoms with Crippen LogP contribution in [-0.4, -0.2) is 72.8 Å². The molecule has 2 saturated heterocycles. The van der Waals surface area contributed by atoms with Gasteiger partial charge in [0.2, 0.25) is 5.91 Å². The number of nitrogens with one attached hydrogen (secondary N) is 2.